The second-order valence-corrected chi connectivity index (χ2v) is 6.18. The summed E-state index contributed by atoms with van der Waals surface area (Å²) in [7, 11) is 2.79. The molecule has 3 aromatic rings. The summed E-state index contributed by atoms with van der Waals surface area (Å²) in [4.78, 5) is 16.0. The van der Waals surface area contributed by atoms with Crippen molar-refractivity contribution < 1.29 is 19.4 Å². The van der Waals surface area contributed by atoms with Crippen molar-refractivity contribution in [3.8, 4) is 22.8 Å². The summed E-state index contributed by atoms with van der Waals surface area (Å²) in [5.41, 5.74) is 4.83. The van der Waals surface area contributed by atoms with Crippen LogP contribution in [0.1, 0.15) is 15.9 Å². The maximum Gasteiger partial charge on any atom is 0.203 e. The molecule has 8 heteroatoms. The topological polar surface area (TPSA) is 95.9 Å². The molecule has 0 unspecified atom stereocenters. The third kappa shape index (κ3) is 4.06. The predicted molar refractivity (Wildman–Crippen MR) is 103 cm³/mol. The molecule has 2 aromatic carbocycles. The van der Waals surface area contributed by atoms with Crippen LogP contribution in [0, 0.1) is 0 Å². The lowest BCUT2D eigenvalue weighted by molar-refractivity contribution is -0.255. The van der Waals surface area contributed by atoms with E-state index >= 15 is 0 Å². The third-order valence-corrected chi connectivity index (χ3v) is 4.47. The standard InChI is InChI=1S/C19H17N3O4S/c1-25-15-9-8-13(16(18(23)24)17(15)26-2)10-20-22-19-21-14(11-27-19)12-6-4-3-5-7-12/h3-11H,1-2H3,(H,21,22)(H,23,24)/p-1/b20-10-. The molecular weight excluding hydrogens is 366 g/mol. The van der Waals surface area contributed by atoms with Crippen LogP contribution in [0.2, 0.25) is 0 Å². The van der Waals surface area contributed by atoms with Crippen LogP contribution in [-0.4, -0.2) is 31.4 Å². The quantitative estimate of drug-likeness (QED) is 0.498. The zero-order chi connectivity index (χ0) is 19.2. The number of hydrazone groups is 1. The normalized spacial score (nSPS) is 10.7. The molecule has 7 nitrogen and oxygen atoms in total. The molecule has 27 heavy (non-hydrogen) atoms. The number of aromatic carboxylic acids is 1. The first-order valence-electron chi connectivity index (χ1n) is 7.90. The van der Waals surface area contributed by atoms with E-state index < -0.39 is 5.97 Å². The van der Waals surface area contributed by atoms with Gasteiger partial charge in [0.05, 0.1) is 37.7 Å². The van der Waals surface area contributed by atoms with Gasteiger partial charge in [-0.3, -0.25) is 5.43 Å². The van der Waals surface area contributed by atoms with Gasteiger partial charge in [0.25, 0.3) is 0 Å². The molecule has 138 valence electrons. The highest BCUT2D eigenvalue weighted by atomic mass is 32.1. The van der Waals surface area contributed by atoms with Crippen molar-refractivity contribution in [2.45, 2.75) is 0 Å². The molecule has 0 bridgehead atoms. The lowest BCUT2D eigenvalue weighted by Gasteiger charge is -2.15. The first-order valence-corrected chi connectivity index (χ1v) is 8.78. The Labute approximate surface area is 159 Å². The number of aromatic nitrogens is 1. The van der Waals surface area contributed by atoms with Crippen molar-refractivity contribution in [1.82, 2.24) is 4.98 Å². The molecular formula is C19H16N3O4S-. The number of benzene rings is 2. The van der Waals surface area contributed by atoms with Gasteiger partial charge in [-0.1, -0.05) is 30.3 Å². The van der Waals surface area contributed by atoms with Crippen molar-refractivity contribution >= 4 is 28.7 Å². The lowest BCUT2D eigenvalue weighted by Crippen LogP contribution is -2.25. The zero-order valence-electron chi connectivity index (χ0n) is 14.6. The van der Waals surface area contributed by atoms with E-state index in [-0.39, 0.29) is 11.3 Å². The van der Waals surface area contributed by atoms with E-state index in [0.717, 1.165) is 11.3 Å². The second-order valence-electron chi connectivity index (χ2n) is 5.33. The molecule has 0 aliphatic carbocycles. The monoisotopic (exact) mass is 382 g/mol. The van der Waals surface area contributed by atoms with Crippen molar-refractivity contribution in [2.24, 2.45) is 5.10 Å². The van der Waals surface area contributed by atoms with E-state index in [1.165, 1.54) is 31.8 Å². The Morgan fingerprint density at radius 1 is 1.19 bits per heavy atom. The van der Waals surface area contributed by atoms with Crippen LogP contribution in [0.4, 0.5) is 5.13 Å². The molecule has 0 aliphatic heterocycles. The average molecular weight is 382 g/mol. The number of rotatable bonds is 7. The molecule has 0 atom stereocenters. The first kappa shape index (κ1) is 18.4. The van der Waals surface area contributed by atoms with Crippen molar-refractivity contribution in [3.05, 3.63) is 59.0 Å². The van der Waals surface area contributed by atoms with Gasteiger partial charge < -0.3 is 19.4 Å². The Morgan fingerprint density at radius 2 is 1.96 bits per heavy atom. The fourth-order valence-electron chi connectivity index (χ4n) is 2.48. The maximum atomic E-state index is 11.5. The summed E-state index contributed by atoms with van der Waals surface area (Å²) >= 11 is 1.39. The third-order valence-electron chi connectivity index (χ3n) is 3.72. The largest absolute Gasteiger partial charge is 0.545 e. The predicted octanol–water partition coefficient (Wildman–Crippen LogP) is 2.64. The summed E-state index contributed by atoms with van der Waals surface area (Å²) in [5.74, 6) is -0.996. The van der Waals surface area contributed by atoms with E-state index in [9.17, 15) is 9.90 Å². The number of carboxylic acids is 1. The summed E-state index contributed by atoms with van der Waals surface area (Å²) in [6, 6.07) is 12.9. The average Bonchev–Trinajstić information content (AvgIpc) is 3.16. The number of methoxy groups -OCH3 is 2. The highest BCUT2D eigenvalue weighted by Crippen LogP contribution is 2.32. The Balaban J connectivity index is 1.81. The van der Waals surface area contributed by atoms with Gasteiger partial charge in [-0.05, 0) is 12.1 Å². The smallest absolute Gasteiger partial charge is 0.203 e. The number of carboxylic acid groups (broad SMARTS) is 1. The summed E-state index contributed by atoms with van der Waals surface area (Å²) < 4.78 is 10.3. The van der Waals surface area contributed by atoms with Crippen LogP contribution in [0.15, 0.2) is 52.9 Å². The number of carbonyl (C=O) groups excluding carboxylic acids is 1. The number of carbonyl (C=O) groups is 1. The minimum absolute atomic E-state index is 0.0852. The molecule has 0 radical (unpaired) electrons. The fraction of sp³-hybridized carbons (Fsp3) is 0.105. The number of hydrogen-bond acceptors (Lipinski definition) is 8. The minimum atomic E-state index is -1.38. The number of anilines is 1. The van der Waals surface area contributed by atoms with Crippen molar-refractivity contribution in [3.63, 3.8) is 0 Å². The Morgan fingerprint density at radius 3 is 2.63 bits per heavy atom. The van der Waals surface area contributed by atoms with Gasteiger partial charge >= 0.3 is 0 Å². The molecule has 1 aromatic heterocycles. The number of nitrogens with one attached hydrogen (secondary N) is 1. The fourth-order valence-corrected chi connectivity index (χ4v) is 3.15. The van der Waals surface area contributed by atoms with E-state index in [1.807, 2.05) is 35.7 Å². The van der Waals surface area contributed by atoms with Crippen molar-refractivity contribution in [2.75, 3.05) is 19.6 Å². The zero-order valence-corrected chi connectivity index (χ0v) is 15.4. The number of ether oxygens (including phenoxy) is 2. The molecule has 3 rings (SSSR count). The van der Waals surface area contributed by atoms with Crippen LogP contribution < -0.4 is 20.0 Å². The minimum Gasteiger partial charge on any atom is -0.545 e. The van der Waals surface area contributed by atoms with Crippen LogP contribution in [0.25, 0.3) is 11.3 Å². The van der Waals surface area contributed by atoms with Gasteiger partial charge in [0.15, 0.2) is 11.5 Å². The van der Waals surface area contributed by atoms with E-state index in [4.69, 9.17) is 9.47 Å². The second kappa shape index (κ2) is 8.33. The molecule has 1 N–H and O–H groups in total. The van der Waals surface area contributed by atoms with Gasteiger partial charge in [0, 0.05) is 16.5 Å². The molecule has 1 heterocycles. The maximum absolute atomic E-state index is 11.5. The van der Waals surface area contributed by atoms with Gasteiger partial charge in [0.2, 0.25) is 5.13 Å². The van der Waals surface area contributed by atoms with Gasteiger partial charge in [-0.2, -0.15) is 5.10 Å². The van der Waals surface area contributed by atoms with Crippen LogP contribution in [0.3, 0.4) is 0 Å². The molecule has 0 amide bonds. The Bertz CT molecular complexity index is 970. The van der Waals surface area contributed by atoms with E-state index in [0.29, 0.717) is 16.4 Å². The summed E-state index contributed by atoms with van der Waals surface area (Å²) in [6.45, 7) is 0. The molecule has 0 aliphatic rings. The SMILES string of the molecule is COc1ccc(/C=N\Nc2nc(-c3ccccc3)cs2)c(C(=O)[O-])c1OC. The van der Waals surface area contributed by atoms with Crippen LogP contribution in [0.5, 0.6) is 11.5 Å². The van der Waals surface area contributed by atoms with Crippen LogP contribution >= 0.6 is 11.3 Å². The number of nitrogens with zero attached hydrogens (tertiary/aromatic N) is 2. The molecule has 0 fully saturated rings. The molecule has 0 saturated heterocycles. The van der Waals surface area contributed by atoms with Gasteiger partial charge in [-0.15, -0.1) is 11.3 Å². The highest BCUT2D eigenvalue weighted by molar-refractivity contribution is 7.14. The summed E-state index contributed by atoms with van der Waals surface area (Å²) in [5, 5.41) is 18.1. The summed E-state index contributed by atoms with van der Waals surface area (Å²) in [6.07, 6.45) is 1.37. The lowest BCUT2D eigenvalue weighted by atomic mass is 10.1. The number of thiazole rings is 1. The van der Waals surface area contributed by atoms with E-state index in [1.54, 1.807) is 12.1 Å². The number of hydrogen-bond donors (Lipinski definition) is 1. The van der Waals surface area contributed by atoms with Gasteiger partial charge in [0.1, 0.15) is 0 Å². The molecule has 0 spiro atoms. The van der Waals surface area contributed by atoms with E-state index in [2.05, 4.69) is 15.5 Å². The molecule has 0 saturated carbocycles. The van der Waals surface area contributed by atoms with Crippen molar-refractivity contribution in [1.29, 1.82) is 0 Å². The van der Waals surface area contributed by atoms with Crippen LogP contribution in [-0.2, 0) is 0 Å². The Kier molecular flexibility index (Phi) is 5.68. The highest BCUT2D eigenvalue weighted by Gasteiger charge is 2.15. The first-order chi connectivity index (χ1) is 13.1. The Hall–Kier alpha value is -3.39. The van der Waals surface area contributed by atoms with Gasteiger partial charge in [-0.25, -0.2) is 4.98 Å².